The Bertz CT molecular complexity index is 703. The van der Waals surface area contributed by atoms with Crippen LogP contribution < -0.4 is 0 Å². The Morgan fingerprint density at radius 3 is 2.58 bits per heavy atom. The molecule has 0 amide bonds. The molecular weight excluding hydrogens is 236 g/mol. The van der Waals surface area contributed by atoms with E-state index in [1.165, 1.54) is 0 Å². The SMILES string of the molecule is CC(O)(c1cccnc1)c1cccc2ccncc12. The molecule has 0 aliphatic rings. The molecule has 0 spiro atoms. The van der Waals surface area contributed by atoms with Gasteiger partial charge in [0.2, 0.25) is 0 Å². The minimum absolute atomic E-state index is 0.770. The lowest BCUT2D eigenvalue weighted by atomic mass is 9.86. The van der Waals surface area contributed by atoms with Gasteiger partial charge in [0.25, 0.3) is 0 Å². The minimum atomic E-state index is -1.09. The normalized spacial score (nSPS) is 14.2. The van der Waals surface area contributed by atoms with Crippen LogP contribution in [0.4, 0.5) is 0 Å². The number of hydrogen-bond acceptors (Lipinski definition) is 3. The third kappa shape index (κ3) is 1.98. The van der Waals surface area contributed by atoms with Crippen LogP contribution in [0.1, 0.15) is 18.1 Å². The number of fused-ring (bicyclic) bond motifs is 1. The number of benzene rings is 1. The first-order chi connectivity index (χ1) is 9.19. The van der Waals surface area contributed by atoms with Gasteiger partial charge in [-0.2, -0.15) is 0 Å². The van der Waals surface area contributed by atoms with Gasteiger partial charge in [0.05, 0.1) is 0 Å². The fourth-order valence-corrected chi connectivity index (χ4v) is 2.34. The second kappa shape index (κ2) is 4.44. The fourth-order valence-electron chi connectivity index (χ4n) is 2.34. The Morgan fingerprint density at radius 2 is 1.79 bits per heavy atom. The number of rotatable bonds is 2. The molecule has 0 radical (unpaired) electrons. The molecule has 0 bridgehead atoms. The van der Waals surface area contributed by atoms with E-state index in [9.17, 15) is 5.11 Å². The van der Waals surface area contributed by atoms with Gasteiger partial charge < -0.3 is 5.11 Å². The van der Waals surface area contributed by atoms with Gasteiger partial charge in [0.15, 0.2) is 0 Å². The standard InChI is InChI=1S/C16H14N2O/c1-16(19,13-5-3-8-17-10-13)15-6-2-4-12-7-9-18-11-14(12)15/h2-11,19H,1H3. The molecule has 94 valence electrons. The Kier molecular flexibility index (Phi) is 2.76. The molecule has 3 nitrogen and oxygen atoms in total. The summed E-state index contributed by atoms with van der Waals surface area (Å²) in [6, 6.07) is 11.5. The second-order valence-electron chi connectivity index (χ2n) is 4.72. The van der Waals surface area contributed by atoms with Gasteiger partial charge >= 0.3 is 0 Å². The number of aromatic nitrogens is 2. The summed E-state index contributed by atoms with van der Waals surface area (Å²) in [5.74, 6) is 0. The summed E-state index contributed by atoms with van der Waals surface area (Å²) in [4.78, 5) is 8.23. The van der Waals surface area contributed by atoms with Crippen molar-refractivity contribution in [1.29, 1.82) is 0 Å². The molecule has 0 aliphatic heterocycles. The Hall–Kier alpha value is -2.26. The molecule has 0 saturated carbocycles. The summed E-state index contributed by atoms with van der Waals surface area (Å²) in [6.07, 6.45) is 6.93. The van der Waals surface area contributed by atoms with Crippen molar-refractivity contribution < 1.29 is 5.11 Å². The molecule has 19 heavy (non-hydrogen) atoms. The predicted octanol–water partition coefficient (Wildman–Crippen LogP) is 2.89. The van der Waals surface area contributed by atoms with Crippen molar-refractivity contribution in [3.63, 3.8) is 0 Å². The van der Waals surface area contributed by atoms with Crippen LogP contribution in [0, 0.1) is 0 Å². The van der Waals surface area contributed by atoms with E-state index in [2.05, 4.69) is 9.97 Å². The zero-order chi connectivity index (χ0) is 13.3. The highest BCUT2D eigenvalue weighted by Gasteiger charge is 2.27. The summed E-state index contributed by atoms with van der Waals surface area (Å²) in [7, 11) is 0. The monoisotopic (exact) mass is 250 g/mol. The fraction of sp³-hybridized carbons (Fsp3) is 0.125. The van der Waals surface area contributed by atoms with Crippen LogP contribution in [-0.4, -0.2) is 15.1 Å². The lowest BCUT2D eigenvalue weighted by Crippen LogP contribution is -2.23. The summed E-state index contributed by atoms with van der Waals surface area (Å²) in [5.41, 5.74) is 0.522. The molecule has 0 aliphatic carbocycles. The Morgan fingerprint density at radius 1 is 0.947 bits per heavy atom. The highest BCUT2D eigenvalue weighted by atomic mass is 16.3. The van der Waals surface area contributed by atoms with Gasteiger partial charge in [-0.25, -0.2) is 0 Å². The van der Waals surface area contributed by atoms with Crippen molar-refractivity contribution in [2.24, 2.45) is 0 Å². The largest absolute Gasteiger partial charge is 0.381 e. The molecule has 1 atom stereocenters. The van der Waals surface area contributed by atoms with E-state index in [4.69, 9.17) is 0 Å². The molecule has 2 heterocycles. The van der Waals surface area contributed by atoms with E-state index in [0.717, 1.165) is 21.9 Å². The van der Waals surface area contributed by atoms with Crippen LogP contribution in [0.3, 0.4) is 0 Å². The molecule has 0 fully saturated rings. The predicted molar refractivity (Wildman–Crippen MR) is 74.7 cm³/mol. The molecule has 1 N–H and O–H groups in total. The quantitative estimate of drug-likeness (QED) is 0.760. The van der Waals surface area contributed by atoms with Crippen LogP contribution in [0.25, 0.3) is 10.8 Å². The third-order valence-electron chi connectivity index (χ3n) is 3.43. The lowest BCUT2D eigenvalue weighted by Gasteiger charge is -2.25. The van der Waals surface area contributed by atoms with Gasteiger partial charge in [-0.1, -0.05) is 24.3 Å². The lowest BCUT2D eigenvalue weighted by molar-refractivity contribution is 0.103. The number of hydrogen-bond donors (Lipinski definition) is 1. The van der Waals surface area contributed by atoms with Gasteiger partial charge in [-0.3, -0.25) is 9.97 Å². The molecule has 3 aromatic rings. The molecular formula is C16H14N2O. The van der Waals surface area contributed by atoms with E-state index in [1.807, 2.05) is 36.4 Å². The maximum atomic E-state index is 10.9. The smallest absolute Gasteiger partial charge is 0.114 e. The van der Waals surface area contributed by atoms with Crippen LogP contribution >= 0.6 is 0 Å². The summed E-state index contributed by atoms with van der Waals surface area (Å²) < 4.78 is 0. The highest BCUT2D eigenvalue weighted by Crippen LogP contribution is 2.33. The second-order valence-corrected chi connectivity index (χ2v) is 4.72. The summed E-state index contributed by atoms with van der Waals surface area (Å²) in [5, 5.41) is 12.9. The van der Waals surface area contributed by atoms with E-state index in [0.29, 0.717) is 0 Å². The van der Waals surface area contributed by atoms with Crippen LogP contribution in [-0.2, 0) is 5.60 Å². The number of pyridine rings is 2. The first-order valence-electron chi connectivity index (χ1n) is 6.16. The highest BCUT2D eigenvalue weighted by molar-refractivity contribution is 5.85. The molecule has 0 saturated heterocycles. The van der Waals surface area contributed by atoms with Crippen molar-refractivity contribution in [2.75, 3.05) is 0 Å². The van der Waals surface area contributed by atoms with Gasteiger partial charge in [-0.05, 0) is 30.0 Å². The van der Waals surface area contributed by atoms with Crippen molar-refractivity contribution in [1.82, 2.24) is 9.97 Å². The maximum absolute atomic E-state index is 10.9. The van der Waals surface area contributed by atoms with Crippen molar-refractivity contribution in [3.05, 3.63) is 72.3 Å². The number of nitrogens with zero attached hydrogens (tertiary/aromatic N) is 2. The zero-order valence-electron chi connectivity index (χ0n) is 10.6. The van der Waals surface area contributed by atoms with Gasteiger partial charge in [-0.15, -0.1) is 0 Å². The molecule has 1 aromatic carbocycles. The summed E-state index contributed by atoms with van der Waals surface area (Å²) >= 11 is 0. The molecule has 3 rings (SSSR count). The van der Waals surface area contributed by atoms with E-state index >= 15 is 0 Å². The van der Waals surface area contributed by atoms with Crippen LogP contribution in [0.2, 0.25) is 0 Å². The first kappa shape index (κ1) is 11.8. The summed E-state index contributed by atoms with van der Waals surface area (Å²) in [6.45, 7) is 1.78. The van der Waals surface area contributed by atoms with Crippen LogP contribution in [0.5, 0.6) is 0 Å². The van der Waals surface area contributed by atoms with Crippen molar-refractivity contribution in [3.8, 4) is 0 Å². The Balaban J connectivity index is 2.24. The van der Waals surface area contributed by atoms with E-state index < -0.39 is 5.60 Å². The number of aliphatic hydroxyl groups is 1. The van der Waals surface area contributed by atoms with Crippen LogP contribution in [0.15, 0.2) is 61.2 Å². The van der Waals surface area contributed by atoms with E-state index in [1.54, 1.807) is 31.7 Å². The molecule has 3 heteroatoms. The van der Waals surface area contributed by atoms with Crippen molar-refractivity contribution >= 4 is 10.8 Å². The third-order valence-corrected chi connectivity index (χ3v) is 3.43. The zero-order valence-corrected chi connectivity index (χ0v) is 10.6. The first-order valence-corrected chi connectivity index (χ1v) is 6.16. The van der Waals surface area contributed by atoms with Gasteiger partial charge in [0, 0.05) is 35.7 Å². The van der Waals surface area contributed by atoms with E-state index in [-0.39, 0.29) is 0 Å². The minimum Gasteiger partial charge on any atom is -0.381 e. The molecule has 1 unspecified atom stereocenters. The van der Waals surface area contributed by atoms with Gasteiger partial charge in [0.1, 0.15) is 5.60 Å². The Labute approximate surface area is 111 Å². The van der Waals surface area contributed by atoms with Crippen molar-refractivity contribution in [2.45, 2.75) is 12.5 Å². The molecule has 2 aromatic heterocycles. The average molecular weight is 250 g/mol. The maximum Gasteiger partial charge on any atom is 0.114 e. The topological polar surface area (TPSA) is 46.0 Å². The average Bonchev–Trinajstić information content (AvgIpc) is 2.47.